The van der Waals surface area contributed by atoms with Gasteiger partial charge < -0.3 is 19.7 Å². The van der Waals surface area contributed by atoms with Gasteiger partial charge in [0.2, 0.25) is 0 Å². The van der Waals surface area contributed by atoms with E-state index in [2.05, 4.69) is 9.96 Å². The maximum absolute atomic E-state index is 11.1. The van der Waals surface area contributed by atoms with Crippen molar-refractivity contribution in [3.8, 4) is 5.75 Å². The minimum atomic E-state index is -0.608. The van der Waals surface area contributed by atoms with Crippen LogP contribution in [0.5, 0.6) is 5.75 Å². The normalized spacial score (nSPS) is 10.5. The lowest BCUT2D eigenvalue weighted by Gasteiger charge is -2.10. The van der Waals surface area contributed by atoms with Gasteiger partial charge in [0, 0.05) is 12.6 Å². The predicted octanol–water partition coefficient (Wildman–Crippen LogP) is 1.08. The molecule has 5 nitrogen and oxygen atoms in total. The standard InChI is InChI=1S/C13H18BNO4/c1-14(17)15-9-11-8-12(18-2)6-4-10(11)5-7-13(16)19-3/h4-8,15,17H,9H2,1-3H3/b7-5+. The molecule has 0 bridgehead atoms. The SMILES string of the molecule is COC(=O)/C=C/c1ccc(OC)cc1CNB(C)O. The number of methoxy groups -OCH3 is 2. The van der Waals surface area contributed by atoms with E-state index in [0.717, 1.165) is 16.9 Å². The highest BCUT2D eigenvalue weighted by atomic mass is 16.5. The molecule has 0 spiro atoms. The summed E-state index contributed by atoms with van der Waals surface area (Å²) in [5.74, 6) is 0.308. The molecule has 0 heterocycles. The van der Waals surface area contributed by atoms with Crippen LogP contribution in [0.2, 0.25) is 6.82 Å². The van der Waals surface area contributed by atoms with Crippen molar-refractivity contribution >= 4 is 19.1 Å². The third-order valence-corrected chi connectivity index (χ3v) is 2.54. The van der Waals surface area contributed by atoms with Crippen molar-refractivity contribution in [3.63, 3.8) is 0 Å². The minimum Gasteiger partial charge on any atom is -0.497 e. The molecule has 0 aliphatic heterocycles. The summed E-state index contributed by atoms with van der Waals surface area (Å²) in [5.41, 5.74) is 1.78. The first-order chi connectivity index (χ1) is 9.06. The van der Waals surface area contributed by atoms with Crippen LogP contribution in [0.25, 0.3) is 6.08 Å². The number of carbonyl (C=O) groups is 1. The molecule has 0 unspecified atom stereocenters. The molecule has 0 radical (unpaired) electrons. The molecule has 102 valence electrons. The third-order valence-electron chi connectivity index (χ3n) is 2.54. The lowest BCUT2D eigenvalue weighted by atomic mass is 9.88. The van der Waals surface area contributed by atoms with Crippen LogP contribution in [-0.4, -0.2) is 32.3 Å². The second kappa shape index (κ2) is 7.61. The highest BCUT2D eigenvalue weighted by Gasteiger charge is 2.06. The average molecular weight is 263 g/mol. The van der Waals surface area contributed by atoms with E-state index >= 15 is 0 Å². The van der Waals surface area contributed by atoms with Crippen LogP contribution in [-0.2, 0) is 16.1 Å². The molecule has 1 aromatic rings. The summed E-state index contributed by atoms with van der Waals surface area (Å²) in [4.78, 5) is 11.1. The van der Waals surface area contributed by atoms with E-state index in [1.807, 2.05) is 18.2 Å². The Kier molecular flexibility index (Phi) is 6.11. The van der Waals surface area contributed by atoms with E-state index in [1.54, 1.807) is 20.0 Å². The third kappa shape index (κ3) is 5.15. The zero-order valence-corrected chi connectivity index (χ0v) is 11.3. The maximum Gasteiger partial charge on any atom is 0.373 e. The van der Waals surface area contributed by atoms with Crippen molar-refractivity contribution in [2.75, 3.05) is 14.2 Å². The number of nitrogens with one attached hydrogen (secondary N) is 1. The fourth-order valence-corrected chi connectivity index (χ4v) is 1.51. The van der Waals surface area contributed by atoms with Crippen LogP contribution in [0.4, 0.5) is 0 Å². The van der Waals surface area contributed by atoms with Crippen LogP contribution >= 0.6 is 0 Å². The van der Waals surface area contributed by atoms with Crippen LogP contribution in [0.1, 0.15) is 11.1 Å². The number of hydrogen-bond donors (Lipinski definition) is 2. The van der Waals surface area contributed by atoms with Crippen LogP contribution in [0, 0.1) is 0 Å². The second-order valence-electron chi connectivity index (χ2n) is 3.98. The molecule has 0 atom stereocenters. The quantitative estimate of drug-likeness (QED) is 0.456. The fraction of sp³-hybridized carbons (Fsp3) is 0.308. The molecular weight excluding hydrogens is 245 g/mol. The van der Waals surface area contributed by atoms with E-state index in [0.29, 0.717) is 6.54 Å². The summed E-state index contributed by atoms with van der Waals surface area (Å²) in [5, 5.41) is 12.2. The monoisotopic (exact) mass is 263 g/mol. The first-order valence-corrected chi connectivity index (χ1v) is 5.91. The molecule has 1 aromatic carbocycles. The molecule has 0 amide bonds. The smallest absolute Gasteiger partial charge is 0.373 e. The second-order valence-corrected chi connectivity index (χ2v) is 3.98. The summed E-state index contributed by atoms with van der Waals surface area (Å²) in [6.07, 6.45) is 3.03. The Morgan fingerprint density at radius 3 is 2.79 bits per heavy atom. The summed E-state index contributed by atoms with van der Waals surface area (Å²) in [7, 11) is 2.31. The van der Waals surface area contributed by atoms with Gasteiger partial charge in [-0.2, -0.15) is 0 Å². The lowest BCUT2D eigenvalue weighted by Crippen LogP contribution is -2.29. The Labute approximate surface area is 113 Å². The Bertz CT molecular complexity index is 460. The van der Waals surface area contributed by atoms with E-state index in [4.69, 9.17) is 4.74 Å². The topological polar surface area (TPSA) is 67.8 Å². The molecule has 1 rings (SSSR count). The van der Waals surface area contributed by atoms with Gasteiger partial charge in [0.15, 0.2) is 0 Å². The van der Waals surface area contributed by atoms with E-state index < -0.39 is 13.0 Å². The first-order valence-electron chi connectivity index (χ1n) is 5.91. The van der Waals surface area contributed by atoms with Crippen molar-refractivity contribution in [1.29, 1.82) is 0 Å². The van der Waals surface area contributed by atoms with Gasteiger partial charge in [-0.3, -0.25) is 0 Å². The average Bonchev–Trinajstić information content (AvgIpc) is 2.42. The number of hydrogen-bond acceptors (Lipinski definition) is 5. The molecule has 6 heteroatoms. The maximum atomic E-state index is 11.1. The van der Waals surface area contributed by atoms with Gasteiger partial charge in [0.05, 0.1) is 14.2 Å². The van der Waals surface area contributed by atoms with Crippen molar-refractivity contribution in [3.05, 3.63) is 35.4 Å². The van der Waals surface area contributed by atoms with Crippen molar-refractivity contribution < 1.29 is 19.3 Å². The van der Waals surface area contributed by atoms with Crippen LogP contribution in [0.15, 0.2) is 24.3 Å². The van der Waals surface area contributed by atoms with Crippen molar-refractivity contribution in [2.45, 2.75) is 13.4 Å². The molecule has 0 saturated heterocycles. The Balaban J connectivity index is 2.94. The van der Waals surface area contributed by atoms with Gasteiger partial charge in [-0.05, 0) is 36.2 Å². The minimum absolute atomic E-state index is 0.412. The molecule has 0 aliphatic rings. The lowest BCUT2D eigenvalue weighted by molar-refractivity contribution is -0.134. The zero-order valence-electron chi connectivity index (χ0n) is 11.3. The Morgan fingerprint density at radius 1 is 1.47 bits per heavy atom. The summed E-state index contributed by atoms with van der Waals surface area (Å²) >= 11 is 0. The number of esters is 1. The van der Waals surface area contributed by atoms with Gasteiger partial charge in [0.1, 0.15) is 5.75 Å². The first kappa shape index (κ1) is 15.3. The van der Waals surface area contributed by atoms with E-state index in [9.17, 15) is 9.82 Å². The summed E-state index contributed by atoms with van der Waals surface area (Å²) in [6.45, 7) is 2.11. The Morgan fingerprint density at radius 2 is 2.21 bits per heavy atom. The van der Waals surface area contributed by atoms with Crippen molar-refractivity contribution in [1.82, 2.24) is 5.23 Å². The van der Waals surface area contributed by atoms with Gasteiger partial charge in [-0.15, -0.1) is 0 Å². The summed E-state index contributed by atoms with van der Waals surface area (Å²) in [6, 6.07) is 5.51. The highest BCUT2D eigenvalue weighted by Crippen LogP contribution is 2.19. The number of ether oxygens (including phenoxy) is 2. The number of benzene rings is 1. The number of carbonyl (C=O) groups excluding carboxylic acids is 1. The molecule has 0 aromatic heterocycles. The van der Waals surface area contributed by atoms with E-state index in [1.165, 1.54) is 13.2 Å². The van der Waals surface area contributed by atoms with Crippen LogP contribution in [0.3, 0.4) is 0 Å². The van der Waals surface area contributed by atoms with Gasteiger partial charge in [-0.1, -0.05) is 6.07 Å². The molecule has 0 fully saturated rings. The Hall–Kier alpha value is -1.79. The van der Waals surface area contributed by atoms with Crippen LogP contribution < -0.4 is 9.96 Å². The van der Waals surface area contributed by atoms with Gasteiger partial charge in [0.25, 0.3) is 0 Å². The molecule has 0 saturated carbocycles. The number of rotatable bonds is 6. The molecule has 0 aliphatic carbocycles. The van der Waals surface area contributed by atoms with Crippen molar-refractivity contribution in [2.24, 2.45) is 0 Å². The fourth-order valence-electron chi connectivity index (χ4n) is 1.51. The zero-order chi connectivity index (χ0) is 14.3. The van der Waals surface area contributed by atoms with Gasteiger partial charge in [-0.25, -0.2) is 4.79 Å². The predicted molar refractivity (Wildman–Crippen MR) is 74.7 cm³/mol. The molecule has 2 N–H and O–H groups in total. The molecule has 19 heavy (non-hydrogen) atoms. The van der Waals surface area contributed by atoms with E-state index in [-0.39, 0.29) is 0 Å². The highest BCUT2D eigenvalue weighted by molar-refractivity contribution is 6.45. The van der Waals surface area contributed by atoms with Gasteiger partial charge >= 0.3 is 13.0 Å². The summed E-state index contributed by atoms with van der Waals surface area (Å²) < 4.78 is 9.71. The molecular formula is C13H18BNO4. The largest absolute Gasteiger partial charge is 0.497 e.